The zero-order chi connectivity index (χ0) is 14.4. The lowest BCUT2D eigenvalue weighted by atomic mass is 9.98. The van der Waals surface area contributed by atoms with E-state index in [-0.39, 0.29) is 19.5 Å². The van der Waals surface area contributed by atoms with Crippen LogP contribution in [0.15, 0.2) is 0 Å². The number of carboxylic acids is 1. The summed E-state index contributed by atoms with van der Waals surface area (Å²) in [7, 11) is -2.46. The summed E-state index contributed by atoms with van der Waals surface area (Å²) in [5.41, 5.74) is -1.07. The maximum atomic E-state index is 11.7. The van der Waals surface area contributed by atoms with E-state index in [1.165, 1.54) is 7.05 Å². The summed E-state index contributed by atoms with van der Waals surface area (Å²) in [5.74, 6) is -1.06. The molecular weight excluding hydrogens is 260 g/mol. The number of rotatable bonds is 9. The monoisotopic (exact) mass is 282 g/mol. The topological polar surface area (TPSA) is 107 Å². The van der Waals surface area contributed by atoms with Crippen LogP contribution in [0.2, 0.25) is 0 Å². The van der Waals surface area contributed by atoms with Gasteiger partial charge in [-0.3, -0.25) is 4.79 Å². The molecule has 0 aliphatic heterocycles. The van der Waals surface area contributed by atoms with Gasteiger partial charge in [0.15, 0.2) is 0 Å². The lowest BCUT2D eigenvalue weighted by Gasteiger charge is -2.26. The second-order valence-corrected chi connectivity index (χ2v) is 6.09. The maximum absolute atomic E-state index is 11.7. The van der Waals surface area contributed by atoms with Gasteiger partial charge in [0.2, 0.25) is 0 Å². The third-order valence-electron chi connectivity index (χ3n) is 2.95. The Hall–Kier alpha value is -0.700. The summed E-state index contributed by atoms with van der Waals surface area (Å²) in [4.78, 5) is 10.4. The van der Waals surface area contributed by atoms with Gasteiger partial charge in [-0.1, -0.05) is 13.8 Å². The lowest BCUT2D eigenvalue weighted by Crippen LogP contribution is -2.47. The Bertz CT molecular complexity index is 364. The number of aliphatic carboxylic acids is 1. The molecule has 0 aromatic carbocycles. The van der Waals surface area contributed by atoms with Gasteiger partial charge in [-0.2, -0.15) is 17.4 Å². The molecule has 0 saturated heterocycles. The summed E-state index contributed by atoms with van der Waals surface area (Å²) in [6.45, 7) is 3.35. The molecule has 0 fully saturated rings. The highest BCUT2D eigenvalue weighted by Gasteiger charge is 2.26. The number of nitrogens with zero attached hydrogens (tertiary/aromatic N) is 1. The Morgan fingerprint density at radius 1 is 1.33 bits per heavy atom. The van der Waals surface area contributed by atoms with Crippen molar-refractivity contribution < 1.29 is 23.4 Å². The standard InChI is InChI=1S/C10H22N2O5S/c1-4-10(15,5-2)8-11-18(16,17)12(3)7-6-9(13)14/h11,15H,4-8H2,1-3H3,(H,13,14). The van der Waals surface area contributed by atoms with Crippen LogP contribution in [0, 0.1) is 0 Å². The fourth-order valence-corrected chi connectivity index (χ4v) is 2.21. The van der Waals surface area contributed by atoms with Crippen LogP contribution in [-0.4, -0.2) is 54.6 Å². The molecule has 0 heterocycles. The molecule has 8 heteroatoms. The van der Waals surface area contributed by atoms with E-state index in [4.69, 9.17) is 5.11 Å². The average Bonchev–Trinajstić information content (AvgIpc) is 2.33. The van der Waals surface area contributed by atoms with Crippen molar-refractivity contribution in [2.75, 3.05) is 20.1 Å². The Morgan fingerprint density at radius 3 is 2.22 bits per heavy atom. The molecule has 0 radical (unpaired) electrons. The van der Waals surface area contributed by atoms with E-state index < -0.39 is 21.8 Å². The first kappa shape index (κ1) is 17.3. The van der Waals surface area contributed by atoms with E-state index in [0.717, 1.165) is 4.31 Å². The van der Waals surface area contributed by atoms with Crippen LogP contribution < -0.4 is 4.72 Å². The van der Waals surface area contributed by atoms with Gasteiger partial charge in [-0.05, 0) is 12.8 Å². The van der Waals surface area contributed by atoms with Crippen molar-refractivity contribution in [2.45, 2.75) is 38.7 Å². The first-order valence-corrected chi connectivity index (χ1v) is 7.26. The fraction of sp³-hybridized carbons (Fsp3) is 0.900. The van der Waals surface area contributed by atoms with Gasteiger partial charge in [0.25, 0.3) is 10.2 Å². The number of hydrogen-bond acceptors (Lipinski definition) is 4. The SMILES string of the molecule is CCC(O)(CC)CNS(=O)(=O)N(C)CCC(=O)O. The number of aliphatic hydroxyl groups is 1. The summed E-state index contributed by atoms with van der Waals surface area (Å²) in [5, 5.41) is 18.4. The van der Waals surface area contributed by atoms with Crippen molar-refractivity contribution in [2.24, 2.45) is 0 Å². The third kappa shape index (κ3) is 5.76. The molecule has 0 aromatic heterocycles. The van der Waals surface area contributed by atoms with Crippen LogP contribution in [0.25, 0.3) is 0 Å². The van der Waals surface area contributed by atoms with Gasteiger partial charge in [-0.25, -0.2) is 0 Å². The minimum atomic E-state index is -3.75. The van der Waals surface area contributed by atoms with Crippen LogP contribution >= 0.6 is 0 Å². The molecule has 108 valence electrons. The van der Waals surface area contributed by atoms with Crippen molar-refractivity contribution in [3.63, 3.8) is 0 Å². The Labute approximate surface area is 108 Å². The second-order valence-electron chi connectivity index (χ2n) is 4.22. The molecule has 0 aliphatic rings. The zero-order valence-corrected chi connectivity index (χ0v) is 11.8. The second kappa shape index (κ2) is 7.03. The van der Waals surface area contributed by atoms with E-state index in [9.17, 15) is 18.3 Å². The molecule has 0 aromatic rings. The molecular formula is C10H22N2O5S. The minimum absolute atomic E-state index is 0.0836. The maximum Gasteiger partial charge on any atom is 0.304 e. The Balaban J connectivity index is 4.43. The average molecular weight is 282 g/mol. The van der Waals surface area contributed by atoms with E-state index in [1.807, 2.05) is 0 Å². The number of hydrogen-bond donors (Lipinski definition) is 3. The predicted molar refractivity (Wildman–Crippen MR) is 67.3 cm³/mol. The third-order valence-corrected chi connectivity index (χ3v) is 4.46. The number of nitrogens with one attached hydrogen (secondary N) is 1. The molecule has 0 atom stereocenters. The van der Waals surface area contributed by atoms with E-state index >= 15 is 0 Å². The molecule has 0 saturated carbocycles. The normalized spacial score (nSPS) is 12.9. The van der Waals surface area contributed by atoms with Crippen LogP contribution in [0.5, 0.6) is 0 Å². The quantitative estimate of drug-likeness (QED) is 0.542. The van der Waals surface area contributed by atoms with Crippen molar-refractivity contribution in [3.8, 4) is 0 Å². The van der Waals surface area contributed by atoms with Gasteiger partial charge in [0.1, 0.15) is 0 Å². The number of carboxylic acid groups (broad SMARTS) is 1. The van der Waals surface area contributed by atoms with Gasteiger partial charge in [-0.15, -0.1) is 0 Å². The molecule has 7 nitrogen and oxygen atoms in total. The summed E-state index contributed by atoms with van der Waals surface area (Å²) < 4.78 is 26.7. The van der Waals surface area contributed by atoms with Crippen LogP contribution in [0.4, 0.5) is 0 Å². The zero-order valence-electron chi connectivity index (χ0n) is 11.0. The Morgan fingerprint density at radius 2 is 1.83 bits per heavy atom. The van der Waals surface area contributed by atoms with E-state index in [1.54, 1.807) is 13.8 Å². The molecule has 18 heavy (non-hydrogen) atoms. The van der Waals surface area contributed by atoms with Gasteiger partial charge >= 0.3 is 5.97 Å². The molecule has 0 amide bonds. The summed E-state index contributed by atoms with van der Waals surface area (Å²) in [6.07, 6.45) is 0.610. The molecule has 0 unspecified atom stereocenters. The highest BCUT2D eigenvalue weighted by molar-refractivity contribution is 7.87. The largest absolute Gasteiger partial charge is 0.481 e. The highest BCUT2D eigenvalue weighted by atomic mass is 32.2. The van der Waals surface area contributed by atoms with Crippen molar-refractivity contribution in [3.05, 3.63) is 0 Å². The molecule has 0 spiro atoms. The first-order chi connectivity index (χ1) is 8.17. The van der Waals surface area contributed by atoms with Crippen LogP contribution in [-0.2, 0) is 15.0 Å². The molecule has 3 N–H and O–H groups in total. The Kier molecular flexibility index (Phi) is 6.76. The predicted octanol–water partition coefficient (Wildman–Crippen LogP) is -0.222. The van der Waals surface area contributed by atoms with Crippen LogP contribution in [0.1, 0.15) is 33.1 Å². The summed E-state index contributed by atoms with van der Waals surface area (Å²) >= 11 is 0. The fourth-order valence-electron chi connectivity index (χ4n) is 1.21. The molecule has 0 aliphatic carbocycles. The van der Waals surface area contributed by atoms with Crippen molar-refractivity contribution in [1.82, 2.24) is 9.03 Å². The van der Waals surface area contributed by atoms with E-state index in [2.05, 4.69) is 4.72 Å². The minimum Gasteiger partial charge on any atom is -0.481 e. The van der Waals surface area contributed by atoms with Crippen molar-refractivity contribution in [1.29, 1.82) is 0 Å². The van der Waals surface area contributed by atoms with Gasteiger partial charge in [0.05, 0.1) is 12.0 Å². The molecule has 0 bridgehead atoms. The van der Waals surface area contributed by atoms with E-state index in [0.29, 0.717) is 12.8 Å². The molecule has 0 rings (SSSR count). The van der Waals surface area contributed by atoms with Crippen molar-refractivity contribution >= 4 is 16.2 Å². The smallest absolute Gasteiger partial charge is 0.304 e. The number of carbonyl (C=O) groups is 1. The van der Waals surface area contributed by atoms with Crippen LogP contribution in [0.3, 0.4) is 0 Å². The lowest BCUT2D eigenvalue weighted by molar-refractivity contribution is -0.137. The highest BCUT2D eigenvalue weighted by Crippen LogP contribution is 2.13. The summed E-state index contributed by atoms with van der Waals surface area (Å²) in [6, 6.07) is 0. The van der Waals surface area contributed by atoms with Gasteiger partial charge in [0, 0.05) is 20.1 Å². The first-order valence-electron chi connectivity index (χ1n) is 5.82. The van der Waals surface area contributed by atoms with Gasteiger partial charge < -0.3 is 10.2 Å².